The Kier molecular flexibility index (Phi) is 8.99. The second-order valence-corrected chi connectivity index (χ2v) is 8.46. The third-order valence-electron chi connectivity index (χ3n) is 4.17. The summed E-state index contributed by atoms with van der Waals surface area (Å²) in [5, 5.41) is 5.27. The molecule has 4 atom stereocenters. The molecule has 0 spiro atoms. The predicted molar refractivity (Wildman–Crippen MR) is 103 cm³/mol. The molecule has 0 bridgehead atoms. The summed E-state index contributed by atoms with van der Waals surface area (Å²) in [5.74, 6) is -2.06. The van der Waals surface area contributed by atoms with E-state index in [1.807, 2.05) is 44.2 Å². The van der Waals surface area contributed by atoms with E-state index < -0.39 is 37.7 Å². The molecule has 26 heavy (non-hydrogen) atoms. The number of hydrogen-bond donors (Lipinski definition) is 4. The topological polar surface area (TPSA) is 122 Å². The highest BCUT2D eigenvalue weighted by atomic mass is 31.1. The van der Waals surface area contributed by atoms with Crippen LogP contribution < -0.4 is 16.4 Å². The summed E-state index contributed by atoms with van der Waals surface area (Å²) < 4.78 is 11.7. The fraction of sp³-hybridized carbons (Fsp3) is 0.556. The van der Waals surface area contributed by atoms with Crippen LogP contribution in [0.25, 0.3) is 0 Å². The van der Waals surface area contributed by atoms with Crippen LogP contribution >= 0.6 is 8.03 Å². The molecule has 0 saturated heterocycles. The van der Waals surface area contributed by atoms with E-state index >= 15 is 0 Å². The predicted octanol–water partition coefficient (Wildman–Crippen LogP) is 1.26. The minimum atomic E-state index is -3.00. The number of rotatable bonds is 9. The molecule has 0 aliphatic carbocycles. The molecular weight excluding hydrogens is 353 g/mol. The van der Waals surface area contributed by atoms with Crippen LogP contribution in [0, 0.1) is 11.8 Å². The summed E-state index contributed by atoms with van der Waals surface area (Å²) in [6.07, 6.45) is 0.241. The van der Waals surface area contributed by atoms with E-state index in [1.54, 1.807) is 13.8 Å². The van der Waals surface area contributed by atoms with Crippen LogP contribution in [0.5, 0.6) is 0 Å². The Morgan fingerprint density at radius 1 is 1.04 bits per heavy atom. The smallest absolute Gasteiger partial charge is 0.243 e. The lowest BCUT2D eigenvalue weighted by Crippen LogP contribution is -2.56. The van der Waals surface area contributed by atoms with Crippen LogP contribution in [0.1, 0.15) is 33.3 Å². The van der Waals surface area contributed by atoms with E-state index in [0.717, 1.165) is 5.56 Å². The van der Waals surface area contributed by atoms with Gasteiger partial charge in [0.25, 0.3) is 0 Å². The second kappa shape index (κ2) is 10.5. The van der Waals surface area contributed by atoms with Crippen molar-refractivity contribution in [1.29, 1.82) is 0 Å². The summed E-state index contributed by atoms with van der Waals surface area (Å²) in [7, 11) is -3.00. The maximum atomic E-state index is 12.6. The van der Waals surface area contributed by atoms with E-state index in [1.165, 1.54) is 0 Å². The van der Waals surface area contributed by atoms with Gasteiger partial charge in [-0.25, -0.2) is 0 Å². The number of benzene rings is 1. The molecule has 0 fully saturated rings. The van der Waals surface area contributed by atoms with Crippen LogP contribution in [0.2, 0.25) is 0 Å². The Balaban J connectivity index is 2.83. The van der Waals surface area contributed by atoms with Crippen LogP contribution in [-0.4, -0.2) is 34.6 Å². The van der Waals surface area contributed by atoms with Crippen molar-refractivity contribution in [2.24, 2.45) is 17.6 Å². The van der Waals surface area contributed by atoms with Crippen molar-refractivity contribution in [3.05, 3.63) is 35.9 Å². The highest BCUT2D eigenvalue weighted by Gasteiger charge is 2.29. The third kappa shape index (κ3) is 6.90. The average Bonchev–Trinajstić information content (AvgIpc) is 2.58. The quantitative estimate of drug-likeness (QED) is 0.478. The monoisotopic (exact) mass is 383 g/mol. The van der Waals surface area contributed by atoms with Gasteiger partial charge >= 0.3 is 0 Å². The number of hydrogen-bond acceptors (Lipinski definition) is 4. The van der Waals surface area contributed by atoms with Crippen LogP contribution in [0.4, 0.5) is 0 Å². The molecule has 0 aliphatic rings. The maximum Gasteiger partial charge on any atom is 0.243 e. The molecule has 0 saturated carbocycles. The van der Waals surface area contributed by atoms with Crippen molar-refractivity contribution in [2.75, 3.05) is 0 Å². The zero-order valence-electron chi connectivity index (χ0n) is 15.7. The summed E-state index contributed by atoms with van der Waals surface area (Å²) >= 11 is 0. The molecule has 7 nitrogen and oxygen atoms in total. The van der Waals surface area contributed by atoms with Crippen molar-refractivity contribution in [2.45, 2.75) is 52.0 Å². The fourth-order valence-electron chi connectivity index (χ4n) is 2.40. The molecule has 0 heterocycles. The number of nitrogens with two attached hydrogens (primary N) is 1. The minimum absolute atomic E-state index is 0.0643. The van der Waals surface area contributed by atoms with Gasteiger partial charge in [0.05, 0.1) is 6.04 Å². The van der Waals surface area contributed by atoms with Gasteiger partial charge in [0, 0.05) is 6.42 Å². The van der Waals surface area contributed by atoms with Crippen molar-refractivity contribution in [3.63, 3.8) is 0 Å². The van der Waals surface area contributed by atoms with Crippen LogP contribution in [0.3, 0.4) is 0 Å². The lowest BCUT2D eigenvalue weighted by molar-refractivity contribution is -0.131. The first-order chi connectivity index (χ1) is 12.1. The lowest BCUT2D eigenvalue weighted by Gasteiger charge is -2.26. The molecule has 0 aliphatic heterocycles. The Morgan fingerprint density at radius 2 is 1.62 bits per heavy atom. The SMILES string of the molecule is CC(C)[C@H](N)C(=O)N[C@H](C(=O)NC(Cc1ccccc1)[PH](=O)O)C(C)C. The van der Waals surface area contributed by atoms with Gasteiger partial charge in [0.1, 0.15) is 11.8 Å². The van der Waals surface area contributed by atoms with E-state index in [0.29, 0.717) is 0 Å². The van der Waals surface area contributed by atoms with Gasteiger partial charge in [-0.2, -0.15) is 0 Å². The largest absolute Gasteiger partial charge is 0.345 e. The molecule has 1 rings (SSSR count). The van der Waals surface area contributed by atoms with Gasteiger partial charge in [0.2, 0.25) is 19.8 Å². The number of carbonyl (C=O) groups is 2. The van der Waals surface area contributed by atoms with E-state index in [9.17, 15) is 19.0 Å². The zero-order valence-corrected chi connectivity index (χ0v) is 16.7. The molecule has 1 aromatic rings. The summed E-state index contributed by atoms with van der Waals surface area (Å²) in [6, 6.07) is 7.61. The van der Waals surface area contributed by atoms with Crippen LogP contribution in [0.15, 0.2) is 30.3 Å². The second-order valence-electron chi connectivity index (χ2n) is 7.09. The summed E-state index contributed by atoms with van der Waals surface area (Å²) in [6.45, 7) is 7.23. The number of amides is 2. The molecule has 2 unspecified atom stereocenters. The van der Waals surface area contributed by atoms with Gasteiger partial charge in [-0.05, 0) is 17.4 Å². The van der Waals surface area contributed by atoms with Crippen molar-refractivity contribution >= 4 is 19.8 Å². The highest BCUT2D eigenvalue weighted by Crippen LogP contribution is 2.24. The van der Waals surface area contributed by atoms with Gasteiger partial charge in [-0.3, -0.25) is 14.2 Å². The fourth-order valence-corrected chi connectivity index (χ4v) is 3.07. The normalized spacial score (nSPS) is 16.0. The van der Waals surface area contributed by atoms with Gasteiger partial charge < -0.3 is 21.3 Å². The maximum absolute atomic E-state index is 12.6. The first kappa shape index (κ1) is 22.4. The zero-order chi connectivity index (χ0) is 19.9. The molecule has 0 aromatic heterocycles. The Labute approximate surface area is 155 Å². The third-order valence-corrected chi connectivity index (χ3v) is 5.11. The first-order valence-corrected chi connectivity index (χ1v) is 10.2. The Bertz CT molecular complexity index is 622. The van der Waals surface area contributed by atoms with Gasteiger partial charge in [-0.1, -0.05) is 58.0 Å². The Hall–Kier alpha value is -1.69. The number of nitrogens with one attached hydrogen (secondary N) is 2. The number of carbonyl (C=O) groups excluding carboxylic acids is 2. The molecule has 146 valence electrons. The van der Waals surface area contributed by atoms with E-state index in [-0.39, 0.29) is 18.3 Å². The van der Waals surface area contributed by atoms with Crippen molar-refractivity contribution in [3.8, 4) is 0 Å². The lowest BCUT2D eigenvalue weighted by atomic mass is 10.0. The molecule has 5 N–H and O–H groups in total. The average molecular weight is 383 g/mol. The van der Waals surface area contributed by atoms with Gasteiger partial charge in [-0.15, -0.1) is 0 Å². The minimum Gasteiger partial charge on any atom is -0.345 e. The summed E-state index contributed by atoms with van der Waals surface area (Å²) in [4.78, 5) is 34.4. The molecule has 8 heteroatoms. The molecule has 1 aromatic carbocycles. The summed E-state index contributed by atoms with van der Waals surface area (Å²) in [5.41, 5.74) is 6.68. The highest BCUT2D eigenvalue weighted by molar-refractivity contribution is 7.38. The molecule has 0 radical (unpaired) electrons. The molecular formula is C18H30N3O4P. The van der Waals surface area contributed by atoms with Gasteiger partial charge in [0.15, 0.2) is 0 Å². The van der Waals surface area contributed by atoms with Crippen molar-refractivity contribution < 1.29 is 19.0 Å². The van der Waals surface area contributed by atoms with Crippen molar-refractivity contribution in [1.82, 2.24) is 10.6 Å². The standard InChI is InChI=1S/C18H30N3O4P/c1-11(2)15(19)17(22)21-16(12(3)4)18(23)20-14(26(24)25)10-13-8-6-5-7-9-13/h5-9,11-12,14-16,26H,10,19H2,1-4H3,(H,20,23)(H,21,22)(H,24,25)/t14?,15-,16-/m0/s1. The molecule has 2 amide bonds. The van der Waals surface area contributed by atoms with E-state index in [4.69, 9.17) is 5.73 Å². The van der Waals surface area contributed by atoms with Crippen LogP contribution in [-0.2, 0) is 20.6 Å². The van der Waals surface area contributed by atoms with E-state index in [2.05, 4.69) is 10.6 Å². The first-order valence-electron chi connectivity index (χ1n) is 8.76. The Morgan fingerprint density at radius 3 is 2.08 bits per heavy atom.